The predicted molar refractivity (Wildman–Crippen MR) is 125 cm³/mol. The van der Waals surface area contributed by atoms with Gasteiger partial charge in [0, 0.05) is 19.4 Å². The molecule has 0 saturated carbocycles. The molecule has 0 unspecified atom stereocenters. The lowest BCUT2D eigenvalue weighted by Crippen LogP contribution is -2.58. The number of amides is 4. The molecule has 1 saturated heterocycles. The van der Waals surface area contributed by atoms with Crippen LogP contribution in [0.4, 0.5) is 0 Å². The summed E-state index contributed by atoms with van der Waals surface area (Å²) in [5.41, 5.74) is 11.4. The molecule has 1 aromatic rings. The van der Waals surface area contributed by atoms with E-state index < -0.39 is 72.6 Å². The second-order valence-corrected chi connectivity index (χ2v) is 8.55. The first-order valence-corrected chi connectivity index (χ1v) is 11.4. The van der Waals surface area contributed by atoms with Crippen molar-refractivity contribution in [1.82, 2.24) is 15.5 Å². The molecule has 1 aliphatic rings. The van der Waals surface area contributed by atoms with E-state index in [-0.39, 0.29) is 25.8 Å². The number of carboxylic acid groups (broad SMARTS) is 2. The molecule has 1 fully saturated rings. The standard InChI is InChI=1S/C23H31N5O8/c24-14(12-18(25)29)20(32)26-15(8-9-19(30)31)21(33)27-16(11-13-5-2-1-3-6-13)22(34)28-10-4-7-17(28)23(35)36/h1-3,5-6,14-17H,4,7-12,24H2,(H2,25,29)(H,26,32)(H,27,33)(H,30,31)(H,35,36)/t14-,15-,16-,17+/m0/s1. The number of nitrogens with zero attached hydrogens (tertiary/aromatic N) is 1. The third kappa shape index (κ3) is 8.34. The number of benzene rings is 1. The highest BCUT2D eigenvalue weighted by molar-refractivity contribution is 5.95. The third-order valence-electron chi connectivity index (χ3n) is 5.76. The summed E-state index contributed by atoms with van der Waals surface area (Å²) < 4.78 is 0. The van der Waals surface area contributed by atoms with Crippen molar-refractivity contribution in [2.24, 2.45) is 11.5 Å². The molecule has 13 nitrogen and oxygen atoms in total. The Morgan fingerprint density at radius 3 is 2.22 bits per heavy atom. The number of carbonyl (C=O) groups is 6. The molecule has 8 N–H and O–H groups in total. The summed E-state index contributed by atoms with van der Waals surface area (Å²) in [5, 5.41) is 23.4. The Morgan fingerprint density at radius 1 is 1.00 bits per heavy atom. The zero-order valence-electron chi connectivity index (χ0n) is 19.6. The van der Waals surface area contributed by atoms with Crippen molar-refractivity contribution in [2.75, 3.05) is 6.54 Å². The summed E-state index contributed by atoms with van der Waals surface area (Å²) in [6.45, 7) is 0.206. The van der Waals surface area contributed by atoms with Gasteiger partial charge in [-0.2, -0.15) is 0 Å². The molecule has 2 rings (SSSR count). The minimum Gasteiger partial charge on any atom is -0.481 e. The van der Waals surface area contributed by atoms with E-state index in [1.165, 1.54) is 4.90 Å². The number of hydrogen-bond acceptors (Lipinski definition) is 7. The van der Waals surface area contributed by atoms with Crippen LogP contribution in [0, 0.1) is 0 Å². The Balaban J connectivity index is 2.25. The van der Waals surface area contributed by atoms with Gasteiger partial charge in [0.25, 0.3) is 0 Å². The monoisotopic (exact) mass is 505 g/mol. The minimum atomic E-state index is -1.38. The highest BCUT2D eigenvalue weighted by atomic mass is 16.4. The molecule has 0 aliphatic carbocycles. The van der Waals surface area contributed by atoms with Crippen molar-refractivity contribution >= 4 is 35.6 Å². The average Bonchev–Trinajstić information content (AvgIpc) is 3.31. The van der Waals surface area contributed by atoms with Crippen LogP contribution in [0.5, 0.6) is 0 Å². The first kappa shape index (κ1) is 28.2. The quantitative estimate of drug-likeness (QED) is 0.180. The highest BCUT2D eigenvalue weighted by Gasteiger charge is 2.38. The maximum Gasteiger partial charge on any atom is 0.326 e. The van der Waals surface area contributed by atoms with Gasteiger partial charge in [0.1, 0.15) is 18.1 Å². The fraction of sp³-hybridized carbons (Fsp3) is 0.478. The first-order valence-electron chi connectivity index (χ1n) is 11.4. The van der Waals surface area contributed by atoms with Crippen molar-refractivity contribution in [3.63, 3.8) is 0 Å². The molecule has 1 heterocycles. The van der Waals surface area contributed by atoms with Gasteiger partial charge in [-0.3, -0.25) is 24.0 Å². The van der Waals surface area contributed by atoms with Gasteiger partial charge in [-0.25, -0.2) is 4.79 Å². The summed E-state index contributed by atoms with van der Waals surface area (Å²) in [6.07, 6.45) is -0.474. The number of likely N-dealkylation sites (tertiary alicyclic amines) is 1. The van der Waals surface area contributed by atoms with Crippen molar-refractivity contribution in [3.05, 3.63) is 35.9 Å². The number of carbonyl (C=O) groups excluding carboxylic acids is 4. The lowest BCUT2D eigenvalue weighted by atomic mass is 10.0. The Kier molecular flexibility index (Phi) is 10.3. The maximum atomic E-state index is 13.3. The fourth-order valence-corrected chi connectivity index (χ4v) is 3.93. The molecule has 36 heavy (non-hydrogen) atoms. The van der Waals surface area contributed by atoms with E-state index in [4.69, 9.17) is 16.6 Å². The first-order chi connectivity index (χ1) is 17.0. The second-order valence-electron chi connectivity index (χ2n) is 8.55. The van der Waals surface area contributed by atoms with Crippen LogP contribution in [0.2, 0.25) is 0 Å². The molecule has 0 spiro atoms. The molecule has 1 aliphatic heterocycles. The smallest absolute Gasteiger partial charge is 0.326 e. The zero-order valence-corrected chi connectivity index (χ0v) is 19.6. The van der Waals surface area contributed by atoms with Gasteiger partial charge in [0.05, 0.1) is 12.5 Å². The Hall–Kier alpha value is -4.00. The van der Waals surface area contributed by atoms with Crippen LogP contribution in [-0.4, -0.2) is 81.4 Å². The fourth-order valence-electron chi connectivity index (χ4n) is 3.93. The molecule has 0 radical (unpaired) electrons. The van der Waals surface area contributed by atoms with E-state index in [9.17, 15) is 33.9 Å². The Labute approximate surface area is 207 Å². The number of primary amides is 1. The molecule has 4 amide bonds. The summed E-state index contributed by atoms with van der Waals surface area (Å²) in [5.74, 6) is -5.56. The Morgan fingerprint density at radius 2 is 1.64 bits per heavy atom. The van der Waals surface area contributed by atoms with Crippen LogP contribution < -0.4 is 22.1 Å². The van der Waals surface area contributed by atoms with Crippen molar-refractivity contribution in [3.8, 4) is 0 Å². The van der Waals surface area contributed by atoms with Gasteiger partial charge < -0.3 is 37.2 Å². The van der Waals surface area contributed by atoms with Crippen LogP contribution >= 0.6 is 0 Å². The maximum absolute atomic E-state index is 13.3. The van der Waals surface area contributed by atoms with Crippen LogP contribution in [0.3, 0.4) is 0 Å². The summed E-state index contributed by atoms with van der Waals surface area (Å²) in [7, 11) is 0. The SMILES string of the molecule is NC(=O)C[C@H](N)C(=O)N[C@@H](CCC(=O)O)C(=O)N[C@@H](Cc1ccccc1)C(=O)N1CCC[C@@H]1C(=O)O. The molecule has 4 atom stereocenters. The number of hydrogen-bond donors (Lipinski definition) is 6. The second kappa shape index (κ2) is 13.2. The normalized spacial score (nSPS) is 17.5. The predicted octanol–water partition coefficient (Wildman–Crippen LogP) is -1.66. The molecule has 196 valence electrons. The molecule has 13 heteroatoms. The highest BCUT2D eigenvalue weighted by Crippen LogP contribution is 2.20. The Bertz CT molecular complexity index is 986. The van der Waals surface area contributed by atoms with E-state index >= 15 is 0 Å². The van der Waals surface area contributed by atoms with Crippen LogP contribution in [0.25, 0.3) is 0 Å². The van der Waals surface area contributed by atoms with E-state index in [1.807, 2.05) is 0 Å². The van der Waals surface area contributed by atoms with E-state index in [0.717, 1.165) is 0 Å². The largest absolute Gasteiger partial charge is 0.481 e. The van der Waals surface area contributed by atoms with Gasteiger partial charge in [-0.15, -0.1) is 0 Å². The lowest BCUT2D eigenvalue weighted by Gasteiger charge is -2.29. The zero-order chi connectivity index (χ0) is 26.8. The van der Waals surface area contributed by atoms with Crippen molar-refractivity contribution in [1.29, 1.82) is 0 Å². The van der Waals surface area contributed by atoms with E-state index in [0.29, 0.717) is 12.0 Å². The van der Waals surface area contributed by atoms with Gasteiger partial charge in [0.15, 0.2) is 0 Å². The molecule has 1 aromatic carbocycles. The number of carboxylic acids is 2. The molecule has 0 aromatic heterocycles. The van der Waals surface area contributed by atoms with Gasteiger partial charge >= 0.3 is 11.9 Å². The topological polar surface area (TPSA) is 222 Å². The average molecular weight is 506 g/mol. The number of rotatable bonds is 13. The van der Waals surface area contributed by atoms with Crippen LogP contribution in [0.15, 0.2) is 30.3 Å². The van der Waals surface area contributed by atoms with Gasteiger partial charge in [-0.1, -0.05) is 30.3 Å². The number of nitrogens with one attached hydrogen (secondary N) is 2. The summed E-state index contributed by atoms with van der Waals surface area (Å²) in [6, 6.07) is 3.78. The van der Waals surface area contributed by atoms with Crippen LogP contribution in [-0.2, 0) is 35.2 Å². The molecular weight excluding hydrogens is 474 g/mol. The van der Waals surface area contributed by atoms with Gasteiger partial charge in [0.2, 0.25) is 23.6 Å². The van der Waals surface area contributed by atoms with E-state index in [2.05, 4.69) is 10.6 Å². The van der Waals surface area contributed by atoms with Crippen molar-refractivity contribution in [2.45, 2.75) is 62.7 Å². The third-order valence-corrected chi connectivity index (χ3v) is 5.76. The minimum absolute atomic E-state index is 0.0367. The number of aliphatic carboxylic acids is 2. The van der Waals surface area contributed by atoms with E-state index in [1.54, 1.807) is 30.3 Å². The van der Waals surface area contributed by atoms with Crippen molar-refractivity contribution < 1.29 is 39.0 Å². The number of nitrogens with two attached hydrogens (primary N) is 2. The van der Waals surface area contributed by atoms with Crippen LogP contribution in [0.1, 0.15) is 37.7 Å². The summed E-state index contributed by atoms with van der Waals surface area (Å²) in [4.78, 5) is 73.8. The molecular formula is C23H31N5O8. The van der Waals surface area contributed by atoms with Gasteiger partial charge in [-0.05, 0) is 24.8 Å². The summed E-state index contributed by atoms with van der Waals surface area (Å²) >= 11 is 0. The lowest BCUT2D eigenvalue weighted by molar-refractivity contribution is -0.149. The molecule has 0 bridgehead atoms.